The molecule has 9 heteroatoms. The standard InChI is InChI=1S/C16H21ClN4O3S/c1-4-6-7-11-9-18-16(20-25(23,24)5-2)19-14(11)12-8-13(17)15(22)21(3)10-12/h8-10H,4-7H2,1-3H3,(H,18,19,20). The Hall–Kier alpha value is -1.93. The molecule has 0 aromatic carbocycles. The zero-order valence-corrected chi connectivity index (χ0v) is 16.0. The van der Waals surface area contributed by atoms with Crippen molar-refractivity contribution in [3.63, 3.8) is 0 Å². The van der Waals surface area contributed by atoms with Crippen molar-refractivity contribution in [1.82, 2.24) is 14.5 Å². The van der Waals surface area contributed by atoms with Crippen LogP contribution in [0.15, 0.2) is 23.3 Å². The number of halogens is 1. The zero-order chi connectivity index (χ0) is 18.6. The molecule has 25 heavy (non-hydrogen) atoms. The number of pyridine rings is 1. The molecule has 2 rings (SSSR count). The van der Waals surface area contributed by atoms with Gasteiger partial charge in [0.1, 0.15) is 5.02 Å². The minimum atomic E-state index is -3.48. The summed E-state index contributed by atoms with van der Waals surface area (Å²) < 4.78 is 27.3. The van der Waals surface area contributed by atoms with Crippen molar-refractivity contribution < 1.29 is 8.42 Å². The number of aryl methyl sites for hydroxylation is 2. The van der Waals surface area contributed by atoms with Crippen LogP contribution in [0.25, 0.3) is 11.3 Å². The van der Waals surface area contributed by atoms with Gasteiger partial charge in [-0.15, -0.1) is 0 Å². The normalized spacial score (nSPS) is 11.5. The van der Waals surface area contributed by atoms with E-state index in [0.29, 0.717) is 11.3 Å². The Bertz CT molecular complexity index is 899. The summed E-state index contributed by atoms with van der Waals surface area (Å²) in [7, 11) is -1.88. The van der Waals surface area contributed by atoms with Gasteiger partial charge in [0.2, 0.25) is 16.0 Å². The van der Waals surface area contributed by atoms with Gasteiger partial charge in [-0.25, -0.2) is 18.4 Å². The molecule has 0 saturated carbocycles. The van der Waals surface area contributed by atoms with Crippen LogP contribution in [0.3, 0.4) is 0 Å². The van der Waals surface area contributed by atoms with E-state index in [1.54, 1.807) is 25.5 Å². The topological polar surface area (TPSA) is 94.0 Å². The Labute approximate surface area is 152 Å². The van der Waals surface area contributed by atoms with Gasteiger partial charge in [0.05, 0.1) is 11.4 Å². The lowest BCUT2D eigenvalue weighted by Crippen LogP contribution is -2.18. The molecule has 2 aromatic rings. The Morgan fingerprint density at radius 1 is 1.32 bits per heavy atom. The lowest BCUT2D eigenvalue weighted by molar-refractivity contribution is 0.602. The van der Waals surface area contributed by atoms with Crippen molar-refractivity contribution in [3.05, 3.63) is 39.4 Å². The average molecular weight is 385 g/mol. The van der Waals surface area contributed by atoms with Gasteiger partial charge in [0.25, 0.3) is 5.56 Å². The number of rotatable bonds is 7. The molecule has 0 amide bonds. The number of anilines is 1. The van der Waals surface area contributed by atoms with Gasteiger partial charge in [0.15, 0.2) is 0 Å². The summed E-state index contributed by atoms with van der Waals surface area (Å²) in [4.78, 5) is 20.3. The molecule has 0 saturated heterocycles. The summed E-state index contributed by atoms with van der Waals surface area (Å²) in [6.45, 7) is 3.61. The van der Waals surface area contributed by atoms with Gasteiger partial charge < -0.3 is 4.57 Å². The highest BCUT2D eigenvalue weighted by Gasteiger charge is 2.15. The van der Waals surface area contributed by atoms with Crippen LogP contribution in [0.2, 0.25) is 5.02 Å². The third-order valence-electron chi connectivity index (χ3n) is 3.70. The molecule has 0 spiro atoms. The van der Waals surface area contributed by atoms with E-state index in [1.807, 2.05) is 0 Å². The predicted octanol–water partition coefficient (Wildman–Crippen LogP) is 2.60. The lowest BCUT2D eigenvalue weighted by Gasteiger charge is -2.12. The molecule has 0 unspecified atom stereocenters. The SMILES string of the molecule is CCCCc1cnc(NS(=O)(=O)CC)nc1-c1cc(Cl)c(=O)n(C)c1. The molecule has 0 radical (unpaired) electrons. The lowest BCUT2D eigenvalue weighted by atomic mass is 10.0. The van der Waals surface area contributed by atoms with Gasteiger partial charge in [-0.05, 0) is 31.4 Å². The number of hydrogen-bond acceptors (Lipinski definition) is 5. The van der Waals surface area contributed by atoms with E-state index >= 15 is 0 Å². The van der Waals surface area contributed by atoms with Crippen molar-refractivity contribution >= 4 is 27.6 Å². The summed E-state index contributed by atoms with van der Waals surface area (Å²) in [6, 6.07) is 1.54. The molecule has 2 aromatic heterocycles. The second kappa shape index (κ2) is 7.97. The van der Waals surface area contributed by atoms with Gasteiger partial charge in [-0.2, -0.15) is 0 Å². The molecule has 0 aliphatic carbocycles. The first-order chi connectivity index (χ1) is 11.8. The van der Waals surface area contributed by atoms with Crippen LogP contribution in [-0.4, -0.2) is 28.7 Å². The first-order valence-electron chi connectivity index (χ1n) is 8.00. The Morgan fingerprint density at radius 2 is 2.04 bits per heavy atom. The van der Waals surface area contributed by atoms with Crippen molar-refractivity contribution in [2.24, 2.45) is 7.05 Å². The third-order valence-corrected chi connectivity index (χ3v) is 5.23. The molecule has 0 atom stereocenters. The van der Waals surface area contributed by atoms with Crippen molar-refractivity contribution in [2.45, 2.75) is 33.1 Å². The van der Waals surface area contributed by atoms with Crippen LogP contribution < -0.4 is 10.3 Å². The number of nitrogens with one attached hydrogen (secondary N) is 1. The van der Waals surface area contributed by atoms with E-state index in [-0.39, 0.29) is 22.3 Å². The fourth-order valence-electron chi connectivity index (χ4n) is 2.27. The van der Waals surface area contributed by atoms with E-state index in [1.165, 1.54) is 11.5 Å². The number of sulfonamides is 1. The van der Waals surface area contributed by atoms with E-state index in [0.717, 1.165) is 24.8 Å². The zero-order valence-electron chi connectivity index (χ0n) is 14.4. The highest BCUT2D eigenvalue weighted by Crippen LogP contribution is 2.25. The molecule has 2 heterocycles. The minimum Gasteiger partial charge on any atom is -0.317 e. The summed E-state index contributed by atoms with van der Waals surface area (Å²) in [5.74, 6) is -0.0725. The molecule has 136 valence electrons. The molecule has 7 nitrogen and oxygen atoms in total. The van der Waals surface area contributed by atoms with E-state index < -0.39 is 10.0 Å². The van der Waals surface area contributed by atoms with E-state index in [9.17, 15) is 13.2 Å². The first kappa shape index (κ1) is 19.4. The van der Waals surface area contributed by atoms with Gasteiger partial charge in [-0.3, -0.25) is 9.52 Å². The summed E-state index contributed by atoms with van der Waals surface area (Å²) in [5.41, 5.74) is 1.77. The Morgan fingerprint density at radius 3 is 2.64 bits per heavy atom. The smallest absolute Gasteiger partial charge is 0.269 e. The highest BCUT2D eigenvalue weighted by atomic mass is 35.5. The second-order valence-electron chi connectivity index (χ2n) is 5.67. The third kappa shape index (κ3) is 4.79. The second-order valence-corrected chi connectivity index (χ2v) is 8.09. The molecule has 0 bridgehead atoms. The van der Waals surface area contributed by atoms with Crippen LogP contribution in [-0.2, 0) is 23.5 Å². The Balaban J connectivity index is 2.57. The maximum atomic E-state index is 11.8. The highest BCUT2D eigenvalue weighted by molar-refractivity contribution is 7.92. The number of hydrogen-bond donors (Lipinski definition) is 1. The van der Waals surface area contributed by atoms with Gasteiger partial charge in [-0.1, -0.05) is 24.9 Å². The predicted molar refractivity (Wildman–Crippen MR) is 99.4 cm³/mol. The minimum absolute atomic E-state index is 0.00192. The largest absolute Gasteiger partial charge is 0.317 e. The van der Waals surface area contributed by atoms with Gasteiger partial charge in [0, 0.05) is 25.0 Å². The molecule has 1 N–H and O–H groups in total. The average Bonchev–Trinajstić information content (AvgIpc) is 2.57. The van der Waals surface area contributed by atoms with E-state index in [4.69, 9.17) is 11.6 Å². The van der Waals surface area contributed by atoms with Crippen LogP contribution >= 0.6 is 11.6 Å². The first-order valence-corrected chi connectivity index (χ1v) is 10.0. The number of unbranched alkanes of at least 4 members (excludes halogenated alkanes) is 1. The fourth-order valence-corrected chi connectivity index (χ4v) is 3.04. The van der Waals surface area contributed by atoms with Crippen molar-refractivity contribution in [3.8, 4) is 11.3 Å². The monoisotopic (exact) mass is 384 g/mol. The van der Waals surface area contributed by atoms with Gasteiger partial charge >= 0.3 is 0 Å². The van der Waals surface area contributed by atoms with Crippen LogP contribution in [0, 0.1) is 0 Å². The Kier molecular flexibility index (Phi) is 6.18. The summed E-state index contributed by atoms with van der Waals surface area (Å²) in [6.07, 6.45) is 5.93. The molecule has 0 aliphatic heterocycles. The van der Waals surface area contributed by atoms with Crippen molar-refractivity contribution in [2.75, 3.05) is 10.5 Å². The molecular weight excluding hydrogens is 364 g/mol. The maximum Gasteiger partial charge on any atom is 0.269 e. The quantitative estimate of drug-likeness (QED) is 0.791. The maximum absolute atomic E-state index is 11.8. The van der Waals surface area contributed by atoms with Crippen molar-refractivity contribution in [1.29, 1.82) is 0 Å². The van der Waals surface area contributed by atoms with Crippen LogP contribution in [0.4, 0.5) is 5.95 Å². The molecular formula is C16H21ClN4O3S. The number of aromatic nitrogens is 3. The number of nitrogens with zero attached hydrogens (tertiary/aromatic N) is 3. The summed E-state index contributed by atoms with van der Waals surface area (Å²) >= 11 is 6.01. The van der Waals surface area contributed by atoms with Crippen LogP contribution in [0.5, 0.6) is 0 Å². The van der Waals surface area contributed by atoms with Crippen LogP contribution in [0.1, 0.15) is 32.3 Å². The molecule has 0 aliphatic rings. The molecule has 0 fully saturated rings. The van der Waals surface area contributed by atoms with E-state index in [2.05, 4.69) is 21.6 Å². The summed E-state index contributed by atoms with van der Waals surface area (Å²) in [5, 5.41) is 0.0794. The fraction of sp³-hybridized carbons (Fsp3) is 0.438.